The fourth-order valence-electron chi connectivity index (χ4n) is 0.981. The number of pyridine rings is 1. The number of hydrogen-bond acceptors (Lipinski definition) is 5. The van der Waals surface area contributed by atoms with Crippen LogP contribution in [0.25, 0.3) is 0 Å². The van der Waals surface area contributed by atoms with Gasteiger partial charge in [0.25, 0.3) is 0 Å². The van der Waals surface area contributed by atoms with Crippen molar-refractivity contribution in [3.63, 3.8) is 0 Å². The molecular weight excluding hydrogens is 232 g/mol. The van der Waals surface area contributed by atoms with Crippen LogP contribution in [0.3, 0.4) is 0 Å². The third-order valence-electron chi connectivity index (χ3n) is 1.80. The molecule has 0 saturated carbocycles. The van der Waals surface area contributed by atoms with Gasteiger partial charge in [0.05, 0.1) is 4.92 Å². The first-order valence-corrected chi connectivity index (χ1v) is 5.30. The van der Waals surface area contributed by atoms with E-state index in [4.69, 9.17) is 5.11 Å². The zero-order chi connectivity index (χ0) is 12.3. The first-order valence-electron chi connectivity index (χ1n) is 4.42. The van der Waals surface area contributed by atoms with Crippen molar-refractivity contribution in [1.82, 2.24) is 4.98 Å². The Labute approximate surface area is 95.8 Å². The van der Waals surface area contributed by atoms with Crippen LogP contribution in [0.5, 0.6) is 0 Å². The minimum atomic E-state index is -1.03. The summed E-state index contributed by atoms with van der Waals surface area (Å²) < 4.78 is 0. The van der Waals surface area contributed by atoms with Gasteiger partial charge in [0.1, 0.15) is 5.25 Å². The fourth-order valence-corrected chi connectivity index (χ4v) is 1.78. The summed E-state index contributed by atoms with van der Waals surface area (Å²) in [7, 11) is 0. The van der Waals surface area contributed by atoms with Gasteiger partial charge in [0, 0.05) is 12.3 Å². The highest BCUT2D eigenvalue weighted by Gasteiger charge is 2.21. The summed E-state index contributed by atoms with van der Waals surface area (Å²) in [6.07, 6.45) is 1.48. The molecule has 1 atom stereocenters. The number of rotatable bonds is 4. The van der Waals surface area contributed by atoms with E-state index in [1.54, 1.807) is 6.92 Å². The molecule has 0 aromatic carbocycles. The maximum absolute atomic E-state index is 10.7. The van der Waals surface area contributed by atoms with Crippen molar-refractivity contribution in [2.24, 2.45) is 0 Å². The van der Waals surface area contributed by atoms with Crippen LogP contribution in [0.15, 0.2) is 17.3 Å². The monoisotopic (exact) mass is 242 g/mol. The second-order valence-corrected chi connectivity index (χ2v) is 4.52. The lowest BCUT2D eigenvalue weighted by molar-refractivity contribution is -0.388. The fraction of sp³-hybridized carbons (Fsp3) is 0.333. The molecule has 7 heteroatoms. The van der Waals surface area contributed by atoms with Gasteiger partial charge in [-0.05, 0) is 19.4 Å². The highest BCUT2D eigenvalue weighted by Crippen LogP contribution is 2.30. The second-order valence-electron chi connectivity index (χ2n) is 3.19. The number of hydrogen-bond donors (Lipinski definition) is 1. The van der Waals surface area contributed by atoms with Gasteiger partial charge in [0.2, 0.25) is 0 Å². The first kappa shape index (κ1) is 12.4. The molecule has 0 fully saturated rings. The minimum Gasteiger partial charge on any atom is -0.480 e. The molecule has 0 aliphatic heterocycles. The Kier molecular flexibility index (Phi) is 3.83. The largest absolute Gasteiger partial charge is 0.480 e. The van der Waals surface area contributed by atoms with Crippen LogP contribution in [-0.2, 0) is 4.79 Å². The third kappa shape index (κ3) is 2.93. The summed E-state index contributed by atoms with van der Waals surface area (Å²) in [5.74, 6) is -1.03. The Hall–Kier alpha value is -1.63. The predicted molar refractivity (Wildman–Crippen MR) is 58.6 cm³/mol. The average Bonchev–Trinajstić information content (AvgIpc) is 2.20. The molecule has 1 N–H and O–H groups in total. The quantitative estimate of drug-likeness (QED) is 0.492. The van der Waals surface area contributed by atoms with Crippen molar-refractivity contribution < 1.29 is 14.8 Å². The van der Waals surface area contributed by atoms with E-state index < -0.39 is 16.1 Å². The van der Waals surface area contributed by atoms with Gasteiger partial charge >= 0.3 is 11.7 Å². The Morgan fingerprint density at radius 2 is 2.31 bits per heavy atom. The normalized spacial score (nSPS) is 12.1. The smallest absolute Gasteiger partial charge is 0.316 e. The molecule has 1 aromatic rings. The number of nitrogens with zero attached hydrogens (tertiary/aromatic N) is 2. The SMILES string of the molecule is Cc1cnc(SC(C)C(=O)O)c([N+](=O)[O-])c1. The topological polar surface area (TPSA) is 93.3 Å². The van der Waals surface area contributed by atoms with E-state index in [2.05, 4.69) is 4.98 Å². The molecule has 0 aliphatic carbocycles. The minimum absolute atomic E-state index is 0.130. The maximum Gasteiger partial charge on any atom is 0.316 e. The van der Waals surface area contributed by atoms with Crippen molar-refractivity contribution in [2.75, 3.05) is 0 Å². The van der Waals surface area contributed by atoms with E-state index in [1.807, 2.05) is 0 Å². The zero-order valence-electron chi connectivity index (χ0n) is 8.71. The third-order valence-corrected chi connectivity index (χ3v) is 2.89. The predicted octanol–water partition coefficient (Wildman–Crippen LogP) is 1.86. The Morgan fingerprint density at radius 1 is 1.69 bits per heavy atom. The molecule has 0 saturated heterocycles. The molecule has 1 aromatic heterocycles. The van der Waals surface area contributed by atoms with Crippen LogP contribution in [0.4, 0.5) is 5.69 Å². The number of aliphatic carboxylic acids is 1. The Bertz CT molecular complexity index is 436. The van der Waals surface area contributed by atoms with Crippen molar-refractivity contribution >= 4 is 23.4 Å². The molecule has 0 amide bonds. The molecule has 16 heavy (non-hydrogen) atoms. The molecule has 1 heterocycles. The van der Waals surface area contributed by atoms with E-state index >= 15 is 0 Å². The Morgan fingerprint density at radius 3 is 2.81 bits per heavy atom. The Balaban J connectivity index is 3.04. The molecule has 1 rings (SSSR count). The summed E-state index contributed by atoms with van der Waals surface area (Å²) >= 11 is 0.863. The number of aryl methyl sites for hydroxylation is 1. The lowest BCUT2D eigenvalue weighted by atomic mass is 10.3. The zero-order valence-corrected chi connectivity index (χ0v) is 9.52. The van der Waals surface area contributed by atoms with E-state index in [0.29, 0.717) is 5.56 Å². The van der Waals surface area contributed by atoms with Gasteiger partial charge in [-0.25, -0.2) is 4.98 Å². The van der Waals surface area contributed by atoms with Gasteiger partial charge in [-0.3, -0.25) is 14.9 Å². The highest BCUT2D eigenvalue weighted by atomic mass is 32.2. The summed E-state index contributed by atoms with van der Waals surface area (Å²) in [5.41, 5.74) is 0.511. The van der Waals surface area contributed by atoms with Crippen LogP contribution in [0, 0.1) is 17.0 Å². The van der Waals surface area contributed by atoms with Crippen LogP contribution in [0.1, 0.15) is 12.5 Å². The molecule has 0 aliphatic rings. The number of carboxylic acid groups (broad SMARTS) is 1. The van der Waals surface area contributed by atoms with Gasteiger partial charge in [-0.2, -0.15) is 0 Å². The molecule has 0 spiro atoms. The van der Waals surface area contributed by atoms with E-state index in [0.717, 1.165) is 11.8 Å². The van der Waals surface area contributed by atoms with E-state index in [9.17, 15) is 14.9 Å². The van der Waals surface area contributed by atoms with Crippen LogP contribution in [-0.4, -0.2) is 26.2 Å². The molecule has 0 bridgehead atoms. The van der Waals surface area contributed by atoms with E-state index in [1.165, 1.54) is 19.2 Å². The second kappa shape index (κ2) is 4.93. The summed E-state index contributed by atoms with van der Waals surface area (Å²) in [6.45, 7) is 3.15. The van der Waals surface area contributed by atoms with Crippen LogP contribution in [0.2, 0.25) is 0 Å². The number of nitro groups is 1. The van der Waals surface area contributed by atoms with Gasteiger partial charge in [-0.1, -0.05) is 11.8 Å². The average molecular weight is 242 g/mol. The van der Waals surface area contributed by atoms with Crippen molar-refractivity contribution in [1.29, 1.82) is 0 Å². The summed E-state index contributed by atoms with van der Waals surface area (Å²) in [4.78, 5) is 24.7. The lowest BCUT2D eigenvalue weighted by Gasteiger charge is -2.05. The van der Waals surface area contributed by atoms with Crippen LogP contribution < -0.4 is 0 Å². The van der Waals surface area contributed by atoms with E-state index in [-0.39, 0.29) is 10.7 Å². The molecule has 0 radical (unpaired) electrons. The van der Waals surface area contributed by atoms with Crippen LogP contribution >= 0.6 is 11.8 Å². The summed E-state index contributed by atoms with van der Waals surface area (Å²) in [6, 6.07) is 1.38. The molecule has 86 valence electrons. The number of carboxylic acids is 1. The van der Waals surface area contributed by atoms with Gasteiger partial charge < -0.3 is 5.11 Å². The maximum atomic E-state index is 10.7. The molecular formula is C9H10N2O4S. The standard InChI is InChI=1S/C9H10N2O4S/c1-5-3-7(11(14)15)8(10-4-5)16-6(2)9(12)13/h3-4,6H,1-2H3,(H,12,13). The van der Waals surface area contributed by atoms with Crippen molar-refractivity contribution in [2.45, 2.75) is 24.1 Å². The van der Waals surface area contributed by atoms with Gasteiger partial charge in [-0.15, -0.1) is 0 Å². The number of thioether (sulfide) groups is 1. The van der Waals surface area contributed by atoms with Crippen molar-refractivity contribution in [3.8, 4) is 0 Å². The molecule has 6 nitrogen and oxygen atoms in total. The summed E-state index contributed by atoms with van der Waals surface area (Å²) in [5, 5.41) is 18.8. The van der Waals surface area contributed by atoms with Gasteiger partial charge in [0.15, 0.2) is 5.03 Å². The number of aromatic nitrogens is 1. The first-order chi connectivity index (χ1) is 7.41. The molecule has 1 unspecified atom stereocenters. The highest BCUT2D eigenvalue weighted by molar-refractivity contribution is 8.00. The number of carbonyl (C=O) groups is 1. The lowest BCUT2D eigenvalue weighted by Crippen LogP contribution is -2.12. The van der Waals surface area contributed by atoms with Crippen molar-refractivity contribution in [3.05, 3.63) is 27.9 Å².